The summed E-state index contributed by atoms with van der Waals surface area (Å²) >= 11 is 0. The van der Waals surface area contributed by atoms with E-state index in [2.05, 4.69) is 15.4 Å². The van der Waals surface area contributed by atoms with Gasteiger partial charge in [0.1, 0.15) is 0 Å². The summed E-state index contributed by atoms with van der Waals surface area (Å²) in [6.45, 7) is 0. The van der Waals surface area contributed by atoms with Crippen molar-refractivity contribution in [2.75, 3.05) is 0 Å². The van der Waals surface area contributed by atoms with Crippen LogP contribution in [0.4, 0.5) is 17.6 Å². The van der Waals surface area contributed by atoms with Gasteiger partial charge in [0.15, 0.2) is 5.65 Å². The summed E-state index contributed by atoms with van der Waals surface area (Å²) < 4.78 is 54.8. The van der Waals surface area contributed by atoms with Crippen LogP contribution in [0.2, 0.25) is 0 Å². The molecule has 9 heteroatoms. The number of aromatic nitrogens is 3. The molecule has 1 N–H and O–H groups in total. The van der Waals surface area contributed by atoms with E-state index < -0.39 is 11.8 Å². The lowest BCUT2D eigenvalue weighted by Crippen LogP contribution is -2.41. The zero-order valence-electron chi connectivity index (χ0n) is 18.6. The Hall–Kier alpha value is -2.19. The Morgan fingerprint density at radius 1 is 1.09 bits per heavy atom. The maximum Gasteiger partial charge on any atom is 0.248 e. The van der Waals surface area contributed by atoms with Crippen molar-refractivity contribution in [3.05, 3.63) is 29.7 Å². The van der Waals surface area contributed by atoms with E-state index in [1.165, 1.54) is 0 Å². The normalized spacial score (nSPS) is 24.2. The summed E-state index contributed by atoms with van der Waals surface area (Å²) in [6, 6.07) is 1.72. The fraction of sp³-hybridized carbons (Fsp3) is 0.708. The van der Waals surface area contributed by atoms with Gasteiger partial charge in [-0.25, -0.2) is 27.1 Å². The molecule has 180 valence electrons. The van der Waals surface area contributed by atoms with Crippen molar-refractivity contribution in [2.24, 2.45) is 17.8 Å². The van der Waals surface area contributed by atoms with E-state index in [1.807, 2.05) is 12.3 Å². The number of nitrogens with zero attached hydrogens (tertiary/aromatic N) is 3. The summed E-state index contributed by atoms with van der Waals surface area (Å²) in [5, 5.41) is 7.55. The van der Waals surface area contributed by atoms with Crippen LogP contribution in [0.25, 0.3) is 5.65 Å². The third-order valence-electron chi connectivity index (χ3n) is 7.67. The molecule has 1 amide bonds. The van der Waals surface area contributed by atoms with Crippen LogP contribution in [0.15, 0.2) is 18.5 Å². The van der Waals surface area contributed by atoms with Crippen LogP contribution in [-0.2, 0) is 11.2 Å². The average Bonchev–Trinajstić information content (AvgIpc) is 3.08. The number of carbonyl (C=O) groups is 1. The minimum absolute atomic E-state index is 0.0608. The smallest absolute Gasteiger partial charge is 0.248 e. The van der Waals surface area contributed by atoms with E-state index in [0.717, 1.165) is 30.5 Å². The fourth-order valence-corrected chi connectivity index (χ4v) is 5.48. The molecule has 3 saturated carbocycles. The predicted octanol–water partition coefficient (Wildman–Crippen LogP) is 5.49. The fourth-order valence-electron chi connectivity index (χ4n) is 5.48. The molecule has 0 radical (unpaired) electrons. The van der Waals surface area contributed by atoms with E-state index >= 15 is 0 Å². The summed E-state index contributed by atoms with van der Waals surface area (Å²) in [7, 11) is 0. The summed E-state index contributed by atoms with van der Waals surface area (Å²) in [6.07, 6.45) is 7.94. The molecule has 2 aromatic rings. The highest BCUT2D eigenvalue weighted by atomic mass is 19.3. The first-order chi connectivity index (χ1) is 15.7. The van der Waals surface area contributed by atoms with E-state index in [0.29, 0.717) is 30.8 Å². The lowest BCUT2D eigenvalue weighted by molar-refractivity contribution is -0.134. The topological polar surface area (TPSA) is 59.3 Å². The Morgan fingerprint density at radius 2 is 1.82 bits per heavy atom. The van der Waals surface area contributed by atoms with Crippen LogP contribution in [0.5, 0.6) is 0 Å². The van der Waals surface area contributed by atoms with Gasteiger partial charge < -0.3 is 5.32 Å². The highest BCUT2D eigenvalue weighted by Crippen LogP contribution is 2.44. The summed E-state index contributed by atoms with van der Waals surface area (Å²) in [5.41, 5.74) is 2.37. The molecule has 5 rings (SSSR count). The molecule has 3 fully saturated rings. The highest BCUT2D eigenvalue weighted by molar-refractivity contribution is 5.77. The monoisotopic (exact) mass is 466 g/mol. The Labute approximate surface area is 190 Å². The van der Waals surface area contributed by atoms with Crippen LogP contribution in [0.1, 0.15) is 81.5 Å². The molecular weight excluding hydrogens is 436 g/mol. The van der Waals surface area contributed by atoms with Gasteiger partial charge in [0.2, 0.25) is 17.8 Å². The quantitative estimate of drug-likeness (QED) is 0.549. The molecule has 33 heavy (non-hydrogen) atoms. The third-order valence-corrected chi connectivity index (χ3v) is 7.67. The molecule has 0 bridgehead atoms. The molecule has 5 nitrogen and oxygen atoms in total. The number of halogens is 4. The third kappa shape index (κ3) is 5.17. The minimum atomic E-state index is -2.62. The lowest BCUT2D eigenvalue weighted by atomic mass is 9.76. The summed E-state index contributed by atoms with van der Waals surface area (Å²) in [5.74, 6) is -5.09. The van der Waals surface area contributed by atoms with Crippen LogP contribution >= 0.6 is 0 Å². The predicted molar refractivity (Wildman–Crippen MR) is 114 cm³/mol. The second-order valence-corrected chi connectivity index (χ2v) is 10.4. The Morgan fingerprint density at radius 3 is 2.45 bits per heavy atom. The second kappa shape index (κ2) is 8.55. The van der Waals surface area contributed by atoms with E-state index in [4.69, 9.17) is 0 Å². The zero-order valence-corrected chi connectivity index (χ0v) is 18.6. The van der Waals surface area contributed by atoms with E-state index in [-0.39, 0.29) is 55.9 Å². The van der Waals surface area contributed by atoms with Crippen LogP contribution < -0.4 is 5.32 Å². The van der Waals surface area contributed by atoms with Crippen molar-refractivity contribution in [1.82, 2.24) is 19.9 Å². The number of rotatable bonds is 7. The van der Waals surface area contributed by atoms with Crippen molar-refractivity contribution in [3.8, 4) is 0 Å². The van der Waals surface area contributed by atoms with Gasteiger partial charge in [-0.05, 0) is 61.5 Å². The molecule has 3 aliphatic carbocycles. The maximum atomic E-state index is 13.4. The molecule has 2 heterocycles. The number of alkyl halides is 4. The minimum Gasteiger partial charge on any atom is -0.349 e. The highest BCUT2D eigenvalue weighted by Gasteiger charge is 2.46. The Kier molecular flexibility index (Phi) is 5.85. The molecule has 1 atom stereocenters. The molecule has 0 aliphatic heterocycles. The molecule has 0 spiro atoms. The first-order valence-electron chi connectivity index (χ1n) is 12.0. The van der Waals surface area contributed by atoms with Gasteiger partial charge in [-0.15, -0.1) is 0 Å². The maximum absolute atomic E-state index is 13.4. The van der Waals surface area contributed by atoms with Crippen molar-refractivity contribution >= 4 is 11.6 Å². The van der Waals surface area contributed by atoms with Crippen LogP contribution in [-0.4, -0.2) is 32.4 Å². The van der Waals surface area contributed by atoms with Gasteiger partial charge in [-0.1, -0.05) is 6.42 Å². The number of nitrogens with one attached hydrogen (secondary N) is 1. The molecular formula is C24H30F4N4O. The first kappa shape index (κ1) is 22.6. The van der Waals surface area contributed by atoms with Gasteiger partial charge >= 0.3 is 0 Å². The van der Waals surface area contributed by atoms with Crippen molar-refractivity contribution in [2.45, 2.75) is 88.5 Å². The standard InChI is InChI=1S/C24H30F4N4O/c25-23(26)6-4-15(5-7-23)8-19-14-32-20(30-19)10-18(13-29-32)22(17-2-1-3-17)31-21(33)9-16-11-24(27,28)12-16/h10,13-17,22H,1-9,11-12H2,(H,31,33)/t22-/m0/s1. The van der Waals surface area contributed by atoms with E-state index in [9.17, 15) is 22.4 Å². The number of hydrogen-bond acceptors (Lipinski definition) is 3. The van der Waals surface area contributed by atoms with Crippen LogP contribution in [0.3, 0.4) is 0 Å². The number of amides is 1. The molecule has 0 unspecified atom stereocenters. The average molecular weight is 467 g/mol. The lowest BCUT2D eigenvalue weighted by Gasteiger charge is -2.37. The summed E-state index contributed by atoms with van der Waals surface area (Å²) in [4.78, 5) is 17.2. The second-order valence-electron chi connectivity index (χ2n) is 10.4. The van der Waals surface area contributed by atoms with Gasteiger partial charge in [-0.3, -0.25) is 4.79 Å². The van der Waals surface area contributed by atoms with Gasteiger partial charge in [0.25, 0.3) is 0 Å². The number of carbonyl (C=O) groups excluding carboxylic acids is 1. The first-order valence-corrected chi connectivity index (χ1v) is 12.0. The van der Waals surface area contributed by atoms with Crippen LogP contribution in [0, 0.1) is 17.8 Å². The van der Waals surface area contributed by atoms with Gasteiger partial charge in [0, 0.05) is 32.1 Å². The van der Waals surface area contributed by atoms with Crippen molar-refractivity contribution in [3.63, 3.8) is 0 Å². The van der Waals surface area contributed by atoms with Crippen molar-refractivity contribution in [1.29, 1.82) is 0 Å². The van der Waals surface area contributed by atoms with Gasteiger partial charge in [-0.2, -0.15) is 5.10 Å². The molecule has 2 aromatic heterocycles. The SMILES string of the molecule is O=C(CC1CC(F)(F)C1)N[C@H](c1cnn2cc(CC3CCC(F)(F)CC3)nc2c1)C1CCC1. The Balaban J connectivity index is 1.26. The molecule has 0 saturated heterocycles. The van der Waals surface area contributed by atoms with Crippen molar-refractivity contribution < 1.29 is 22.4 Å². The largest absolute Gasteiger partial charge is 0.349 e. The molecule has 0 aromatic carbocycles. The van der Waals surface area contributed by atoms with Gasteiger partial charge in [0.05, 0.1) is 24.1 Å². The van der Waals surface area contributed by atoms with E-state index in [1.54, 1.807) is 10.7 Å². The zero-order chi connectivity index (χ0) is 23.2. The number of fused-ring (bicyclic) bond motifs is 1. The number of hydrogen-bond donors (Lipinski definition) is 1. The Bertz CT molecular complexity index is 1000. The number of imidazole rings is 1. The molecule has 3 aliphatic rings.